The molecule has 0 unspecified atom stereocenters. The van der Waals surface area contributed by atoms with Crippen molar-refractivity contribution in [1.82, 2.24) is 5.43 Å². The van der Waals surface area contributed by atoms with E-state index in [0.29, 0.717) is 18.6 Å². The lowest BCUT2D eigenvalue weighted by Gasteiger charge is -2.10. The molecule has 2 N–H and O–H groups in total. The minimum atomic E-state index is -0.399. The number of aromatic hydroxyl groups is 1. The number of halogens is 3. The Hall–Kier alpha value is -1.08. The van der Waals surface area contributed by atoms with Crippen LogP contribution in [0.25, 0.3) is 0 Å². The summed E-state index contributed by atoms with van der Waals surface area (Å²) in [5, 5.41) is 13.6. The Kier molecular flexibility index (Phi) is 7.75. The molecule has 6 nitrogen and oxygen atoms in total. The molecule has 0 atom stereocenters. The van der Waals surface area contributed by atoms with Crippen LogP contribution in [-0.4, -0.2) is 30.9 Å². The first-order chi connectivity index (χ1) is 11.9. The summed E-state index contributed by atoms with van der Waals surface area (Å²) in [5.74, 6) is 0.829. The van der Waals surface area contributed by atoms with Gasteiger partial charge in [0.15, 0.2) is 18.1 Å². The molecule has 2 aromatic carbocycles. The van der Waals surface area contributed by atoms with Crippen LogP contribution >= 0.6 is 61.1 Å². The zero-order valence-electron chi connectivity index (χ0n) is 12.9. The van der Waals surface area contributed by atoms with Gasteiger partial charge in [-0.2, -0.15) is 5.10 Å². The van der Waals surface area contributed by atoms with Gasteiger partial charge in [-0.3, -0.25) is 4.79 Å². The smallest absolute Gasteiger partial charge is 0.277 e. The van der Waals surface area contributed by atoms with Crippen LogP contribution in [0.4, 0.5) is 0 Å². The number of carbonyl (C=O) groups is 1. The minimum absolute atomic E-state index is 0.194. The number of hydrogen-bond acceptors (Lipinski definition) is 5. The number of hydrogen-bond donors (Lipinski definition) is 2. The third-order valence-electron chi connectivity index (χ3n) is 2.93. The number of nitrogens with zero attached hydrogens (tertiary/aromatic N) is 1. The molecule has 132 valence electrons. The van der Waals surface area contributed by atoms with E-state index in [1.54, 1.807) is 30.3 Å². The second-order valence-electron chi connectivity index (χ2n) is 4.71. The van der Waals surface area contributed by atoms with Crippen molar-refractivity contribution < 1.29 is 19.4 Å². The second kappa shape index (κ2) is 9.57. The monoisotopic (exact) mass is 630 g/mol. The number of ether oxygens (including phenoxy) is 2. The highest BCUT2D eigenvalue weighted by Gasteiger charge is 2.08. The minimum Gasteiger partial charge on any atom is -0.506 e. The van der Waals surface area contributed by atoms with Gasteiger partial charge in [0.05, 0.1) is 20.5 Å². The largest absolute Gasteiger partial charge is 0.506 e. The zero-order chi connectivity index (χ0) is 18.4. The van der Waals surface area contributed by atoms with Crippen LogP contribution in [0.5, 0.6) is 17.2 Å². The van der Waals surface area contributed by atoms with Gasteiger partial charge in [-0.15, -0.1) is 0 Å². The van der Waals surface area contributed by atoms with Crippen molar-refractivity contribution in [2.45, 2.75) is 0 Å². The molecule has 0 bridgehead atoms. The summed E-state index contributed by atoms with van der Waals surface area (Å²) in [6.07, 6.45) is 1.50. The van der Waals surface area contributed by atoms with E-state index in [9.17, 15) is 9.90 Å². The predicted octanol–water partition coefficient (Wildman–Crippen LogP) is 3.90. The molecular formula is C16H13BrI2N2O4. The maximum absolute atomic E-state index is 11.8. The summed E-state index contributed by atoms with van der Waals surface area (Å²) in [6.45, 7) is -0.194. The molecule has 1 amide bonds. The summed E-state index contributed by atoms with van der Waals surface area (Å²) < 4.78 is 12.9. The highest BCUT2D eigenvalue weighted by Crippen LogP contribution is 2.30. The molecule has 0 spiro atoms. The number of carbonyl (C=O) groups excluding carboxylic acids is 1. The van der Waals surface area contributed by atoms with Gasteiger partial charge in [0, 0.05) is 4.47 Å². The fraction of sp³-hybridized carbons (Fsp3) is 0.125. The van der Waals surface area contributed by atoms with Crippen LogP contribution in [0.1, 0.15) is 5.56 Å². The summed E-state index contributed by atoms with van der Waals surface area (Å²) in [6, 6.07) is 8.77. The fourth-order valence-electron chi connectivity index (χ4n) is 1.77. The van der Waals surface area contributed by atoms with Gasteiger partial charge in [0.1, 0.15) is 5.75 Å². The average molecular weight is 631 g/mol. The van der Waals surface area contributed by atoms with Gasteiger partial charge < -0.3 is 14.6 Å². The molecule has 0 saturated heterocycles. The van der Waals surface area contributed by atoms with Crippen LogP contribution in [0.2, 0.25) is 0 Å². The Bertz CT molecular complexity index is 792. The number of benzene rings is 2. The molecule has 0 radical (unpaired) electrons. The molecule has 2 rings (SSSR count). The number of nitrogens with one attached hydrogen (secondary N) is 1. The molecule has 0 heterocycles. The number of amides is 1. The summed E-state index contributed by atoms with van der Waals surface area (Å²) in [4.78, 5) is 11.8. The molecule has 9 heteroatoms. The average Bonchev–Trinajstić information content (AvgIpc) is 2.58. The molecule has 0 aromatic heterocycles. The van der Waals surface area contributed by atoms with Gasteiger partial charge in [-0.25, -0.2) is 5.43 Å². The van der Waals surface area contributed by atoms with Crippen LogP contribution in [0.15, 0.2) is 39.9 Å². The fourth-order valence-corrected chi connectivity index (χ4v) is 3.93. The van der Waals surface area contributed by atoms with E-state index in [-0.39, 0.29) is 12.4 Å². The Labute approximate surface area is 180 Å². The van der Waals surface area contributed by atoms with Crippen LogP contribution in [0.3, 0.4) is 0 Å². The van der Waals surface area contributed by atoms with E-state index in [4.69, 9.17) is 9.47 Å². The van der Waals surface area contributed by atoms with Crippen molar-refractivity contribution in [2.24, 2.45) is 5.10 Å². The van der Waals surface area contributed by atoms with Gasteiger partial charge >= 0.3 is 0 Å². The first-order valence-corrected chi connectivity index (χ1v) is 9.82. The van der Waals surface area contributed by atoms with Crippen molar-refractivity contribution in [3.05, 3.63) is 47.5 Å². The Morgan fingerprint density at radius 2 is 1.96 bits per heavy atom. The normalized spacial score (nSPS) is 10.7. The summed E-state index contributed by atoms with van der Waals surface area (Å²) in [5.41, 5.74) is 3.16. The molecule has 0 aliphatic heterocycles. The number of methoxy groups -OCH3 is 1. The molecular weight excluding hydrogens is 618 g/mol. The molecule has 0 fully saturated rings. The number of hydrazone groups is 1. The third-order valence-corrected chi connectivity index (χ3v) is 5.06. The SMILES string of the molecule is COc1cc(Br)ccc1OCC(=O)N/N=C\c1cc(I)c(O)c(I)c1. The highest BCUT2D eigenvalue weighted by atomic mass is 127. The van der Waals surface area contributed by atoms with E-state index in [2.05, 4.69) is 26.5 Å². The number of rotatable bonds is 6. The molecule has 0 aliphatic carbocycles. The highest BCUT2D eigenvalue weighted by molar-refractivity contribution is 14.1. The van der Waals surface area contributed by atoms with Gasteiger partial charge in [-0.1, -0.05) is 15.9 Å². The summed E-state index contributed by atoms with van der Waals surface area (Å²) >= 11 is 7.40. The topological polar surface area (TPSA) is 80.2 Å². The lowest BCUT2D eigenvalue weighted by atomic mass is 10.2. The summed E-state index contributed by atoms with van der Waals surface area (Å²) in [7, 11) is 1.53. The predicted molar refractivity (Wildman–Crippen MR) is 115 cm³/mol. The van der Waals surface area contributed by atoms with E-state index in [1.165, 1.54) is 13.3 Å². The third kappa shape index (κ3) is 5.99. The van der Waals surface area contributed by atoms with Crippen LogP contribution < -0.4 is 14.9 Å². The quantitative estimate of drug-likeness (QED) is 0.288. The maximum Gasteiger partial charge on any atom is 0.277 e. The van der Waals surface area contributed by atoms with Crippen LogP contribution in [-0.2, 0) is 4.79 Å². The first kappa shape index (κ1) is 20.2. The van der Waals surface area contributed by atoms with E-state index < -0.39 is 5.91 Å². The molecule has 25 heavy (non-hydrogen) atoms. The Morgan fingerprint density at radius 1 is 1.28 bits per heavy atom. The van der Waals surface area contributed by atoms with Crippen molar-refractivity contribution in [2.75, 3.05) is 13.7 Å². The second-order valence-corrected chi connectivity index (χ2v) is 7.95. The molecule has 2 aromatic rings. The van der Waals surface area contributed by atoms with E-state index >= 15 is 0 Å². The van der Waals surface area contributed by atoms with Gasteiger partial charge in [0.2, 0.25) is 0 Å². The molecule has 0 aliphatic rings. The lowest BCUT2D eigenvalue weighted by Crippen LogP contribution is -2.24. The van der Waals surface area contributed by atoms with Crippen LogP contribution in [0, 0.1) is 7.14 Å². The zero-order valence-corrected chi connectivity index (χ0v) is 18.8. The van der Waals surface area contributed by atoms with E-state index in [1.807, 2.05) is 45.2 Å². The van der Waals surface area contributed by atoms with Crippen molar-refractivity contribution >= 4 is 73.2 Å². The first-order valence-electron chi connectivity index (χ1n) is 6.87. The molecule has 0 saturated carbocycles. The Balaban J connectivity index is 1.91. The van der Waals surface area contributed by atoms with Gasteiger partial charge in [0.25, 0.3) is 5.91 Å². The Morgan fingerprint density at radius 3 is 2.60 bits per heavy atom. The van der Waals surface area contributed by atoms with E-state index in [0.717, 1.165) is 10.0 Å². The van der Waals surface area contributed by atoms with Crippen molar-refractivity contribution in [3.8, 4) is 17.2 Å². The number of phenolic OH excluding ortho intramolecular Hbond substituents is 1. The van der Waals surface area contributed by atoms with Gasteiger partial charge in [-0.05, 0) is 81.1 Å². The maximum atomic E-state index is 11.8. The standard InChI is InChI=1S/C16H13BrI2N2O4/c1-24-14-6-10(17)2-3-13(14)25-8-15(22)21-20-7-9-4-11(18)16(23)12(19)5-9/h2-7,23H,8H2,1H3,(H,21,22)/b20-7-. The number of phenols is 1. The van der Waals surface area contributed by atoms with Crippen molar-refractivity contribution in [3.63, 3.8) is 0 Å². The lowest BCUT2D eigenvalue weighted by molar-refractivity contribution is -0.123. The van der Waals surface area contributed by atoms with Crippen molar-refractivity contribution in [1.29, 1.82) is 0 Å².